The number of pyridine rings is 1. The second-order valence-corrected chi connectivity index (χ2v) is 3.49. The summed E-state index contributed by atoms with van der Waals surface area (Å²) < 4.78 is 4.70. The molecule has 0 fully saturated rings. The van der Waals surface area contributed by atoms with Crippen molar-refractivity contribution in [3.05, 3.63) is 45.9 Å². The van der Waals surface area contributed by atoms with Gasteiger partial charge in [-0.1, -0.05) is 18.2 Å². The maximum Gasteiger partial charge on any atom is 0.340 e. The fraction of sp³-hybridized carbons (Fsp3) is 0.167. The third-order valence-electron chi connectivity index (χ3n) is 2.51. The summed E-state index contributed by atoms with van der Waals surface area (Å²) in [5.41, 5.74) is 0.744. The van der Waals surface area contributed by atoms with E-state index in [1.807, 2.05) is 0 Å². The van der Waals surface area contributed by atoms with E-state index in [4.69, 9.17) is 4.74 Å². The monoisotopic (exact) mass is 217 g/mol. The molecule has 4 heteroatoms. The van der Waals surface area contributed by atoms with Gasteiger partial charge in [-0.05, 0) is 13.0 Å². The first-order valence-electron chi connectivity index (χ1n) is 4.85. The second kappa shape index (κ2) is 3.81. The number of nitrogens with one attached hydrogen (secondary N) is 1. The number of ether oxygens (including phenoxy) is 1. The molecule has 0 unspecified atom stereocenters. The lowest BCUT2D eigenvalue weighted by molar-refractivity contribution is 0.0601. The maximum atomic E-state index is 11.7. The SMILES string of the molecule is COC(=O)c1c(C)[nH]c(=O)c2ccccc12. The van der Waals surface area contributed by atoms with Crippen LogP contribution in [0.15, 0.2) is 29.1 Å². The number of hydrogen-bond acceptors (Lipinski definition) is 3. The van der Waals surface area contributed by atoms with Crippen molar-refractivity contribution in [3.8, 4) is 0 Å². The lowest BCUT2D eigenvalue weighted by Crippen LogP contribution is -2.14. The molecule has 16 heavy (non-hydrogen) atoms. The Morgan fingerprint density at radius 3 is 2.50 bits per heavy atom. The first kappa shape index (κ1) is 10.4. The van der Waals surface area contributed by atoms with Crippen molar-refractivity contribution < 1.29 is 9.53 Å². The number of esters is 1. The van der Waals surface area contributed by atoms with Crippen LogP contribution in [0.25, 0.3) is 10.8 Å². The largest absolute Gasteiger partial charge is 0.465 e. The van der Waals surface area contributed by atoms with Crippen molar-refractivity contribution in [2.45, 2.75) is 6.92 Å². The highest BCUT2D eigenvalue weighted by atomic mass is 16.5. The van der Waals surface area contributed by atoms with Gasteiger partial charge in [0, 0.05) is 16.5 Å². The lowest BCUT2D eigenvalue weighted by atomic mass is 10.0. The molecule has 0 atom stereocenters. The summed E-state index contributed by atoms with van der Waals surface area (Å²) in [6.07, 6.45) is 0. The molecule has 0 aliphatic rings. The Kier molecular flexibility index (Phi) is 2.48. The van der Waals surface area contributed by atoms with Crippen molar-refractivity contribution in [1.82, 2.24) is 4.98 Å². The fourth-order valence-corrected chi connectivity index (χ4v) is 1.77. The molecule has 4 nitrogen and oxygen atoms in total. The topological polar surface area (TPSA) is 59.2 Å². The molecule has 0 spiro atoms. The Bertz CT molecular complexity index is 613. The van der Waals surface area contributed by atoms with Gasteiger partial charge in [-0.15, -0.1) is 0 Å². The van der Waals surface area contributed by atoms with E-state index in [9.17, 15) is 9.59 Å². The molecule has 0 aliphatic heterocycles. The summed E-state index contributed by atoms with van der Waals surface area (Å²) in [5.74, 6) is -0.440. The highest BCUT2D eigenvalue weighted by Gasteiger charge is 2.15. The number of rotatable bonds is 1. The highest BCUT2D eigenvalue weighted by molar-refractivity contribution is 6.04. The van der Waals surface area contributed by atoms with E-state index >= 15 is 0 Å². The molecular weight excluding hydrogens is 206 g/mol. The van der Waals surface area contributed by atoms with Crippen molar-refractivity contribution in [3.63, 3.8) is 0 Å². The Balaban J connectivity index is 2.92. The summed E-state index contributed by atoms with van der Waals surface area (Å²) in [6, 6.07) is 6.96. The number of H-pyrrole nitrogens is 1. The van der Waals surface area contributed by atoms with Gasteiger partial charge in [0.25, 0.3) is 5.56 Å². The molecule has 82 valence electrons. The molecular formula is C12H11NO3. The molecule has 0 radical (unpaired) electrons. The fourth-order valence-electron chi connectivity index (χ4n) is 1.77. The third kappa shape index (κ3) is 1.48. The molecule has 1 heterocycles. The zero-order chi connectivity index (χ0) is 11.7. The van der Waals surface area contributed by atoms with Gasteiger partial charge >= 0.3 is 5.97 Å². The van der Waals surface area contributed by atoms with Crippen LogP contribution < -0.4 is 5.56 Å². The minimum Gasteiger partial charge on any atom is -0.465 e. The molecule has 2 aromatic rings. The van der Waals surface area contributed by atoms with E-state index < -0.39 is 5.97 Å². The molecule has 1 N–H and O–H groups in total. The van der Waals surface area contributed by atoms with Crippen molar-refractivity contribution in [2.75, 3.05) is 7.11 Å². The van der Waals surface area contributed by atoms with Crippen molar-refractivity contribution in [1.29, 1.82) is 0 Å². The number of carbonyl (C=O) groups is 1. The molecule has 0 bridgehead atoms. The smallest absolute Gasteiger partial charge is 0.340 e. The van der Waals surface area contributed by atoms with E-state index in [1.54, 1.807) is 31.2 Å². The van der Waals surface area contributed by atoms with E-state index in [0.717, 1.165) is 0 Å². The molecule has 0 amide bonds. The first-order chi connectivity index (χ1) is 7.65. The van der Waals surface area contributed by atoms with Crippen LogP contribution in [-0.4, -0.2) is 18.1 Å². The zero-order valence-corrected chi connectivity index (χ0v) is 9.03. The molecule has 2 rings (SSSR count). The van der Waals surface area contributed by atoms with E-state index in [1.165, 1.54) is 7.11 Å². The van der Waals surface area contributed by atoms with Gasteiger partial charge in [-0.25, -0.2) is 4.79 Å². The van der Waals surface area contributed by atoms with Crippen LogP contribution in [0, 0.1) is 6.92 Å². The number of carbonyl (C=O) groups excluding carboxylic acids is 1. The van der Waals surface area contributed by atoms with Crippen molar-refractivity contribution >= 4 is 16.7 Å². The van der Waals surface area contributed by atoms with Gasteiger partial charge in [0.1, 0.15) is 0 Å². The number of methoxy groups -OCH3 is 1. The van der Waals surface area contributed by atoms with Crippen LogP contribution in [0.4, 0.5) is 0 Å². The normalized spacial score (nSPS) is 10.4. The Morgan fingerprint density at radius 1 is 1.25 bits per heavy atom. The van der Waals surface area contributed by atoms with Gasteiger partial charge in [-0.2, -0.15) is 0 Å². The number of fused-ring (bicyclic) bond motifs is 1. The van der Waals surface area contributed by atoms with Crippen LogP contribution in [-0.2, 0) is 4.74 Å². The number of aromatic amines is 1. The number of aryl methyl sites for hydroxylation is 1. The van der Waals surface area contributed by atoms with E-state index in [2.05, 4.69) is 4.98 Å². The first-order valence-corrected chi connectivity index (χ1v) is 4.85. The predicted octanol–water partition coefficient (Wildman–Crippen LogP) is 1.62. The molecule has 1 aromatic carbocycles. The van der Waals surface area contributed by atoms with E-state index in [0.29, 0.717) is 22.0 Å². The summed E-state index contributed by atoms with van der Waals surface area (Å²) in [5, 5.41) is 1.11. The zero-order valence-electron chi connectivity index (χ0n) is 9.03. The summed E-state index contributed by atoms with van der Waals surface area (Å²) in [7, 11) is 1.32. The lowest BCUT2D eigenvalue weighted by Gasteiger charge is -2.07. The molecule has 0 saturated carbocycles. The number of hydrogen-bond donors (Lipinski definition) is 1. The van der Waals surface area contributed by atoms with Crippen LogP contribution in [0.3, 0.4) is 0 Å². The second-order valence-electron chi connectivity index (χ2n) is 3.49. The highest BCUT2D eigenvalue weighted by Crippen LogP contribution is 2.18. The molecule has 0 saturated heterocycles. The average Bonchev–Trinajstić information content (AvgIpc) is 2.28. The van der Waals surface area contributed by atoms with Gasteiger partial charge < -0.3 is 9.72 Å². The van der Waals surface area contributed by atoms with Crippen LogP contribution in [0.2, 0.25) is 0 Å². The Morgan fingerprint density at radius 2 is 1.88 bits per heavy atom. The van der Waals surface area contributed by atoms with Crippen LogP contribution in [0.1, 0.15) is 16.1 Å². The van der Waals surface area contributed by atoms with Gasteiger partial charge in [0.15, 0.2) is 0 Å². The number of aromatic nitrogens is 1. The van der Waals surface area contributed by atoms with E-state index in [-0.39, 0.29) is 5.56 Å². The summed E-state index contributed by atoms with van der Waals surface area (Å²) in [6.45, 7) is 1.68. The maximum absolute atomic E-state index is 11.7. The molecule has 0 aliphatic carbocycles. The van der Waals surface area contributed by atoms with Gasteiger partial charge in [0.05, 0.1) is 12.7 Å². The van der Waals surface area contributed by atoms with Crippen molar-refractivity contribution in [2.24, 2.45) is 0 Å². The van der Waals surface area contributed by atoms with Gasteiger partial charge in [-0.3, -0.25) is 4.79 Å². The number of benzene rings is 1. The standard InChI is InChI=1S/C12H11NO3/c1-7-10(12(15)16-2)8-5-3-4-6-9(8)11(14)13-7/h3-6H,1-2H3,(H,13,14). The quantitative estimate of drug-likeness (QED) is 0.738. The van der Waals surface area contributed by atoms with Crippen LogP contribution >= 0.6 is 0 Å². The summed E-state index contributed by atoms with van der Waals surface area (Å²) in [4.78, 5) is 25.9. The minimum atomic E-state index is -0.440. The Hall–Kier alpha value is -2.10. The predicted molar refractivity (Wildman–Crippen MR) is 60.6 cm³/mol. The minimum absolute atomic E-state index is 0.194. The summed E-state index contributed by atoms with van der Waals surface area (Å²) >= 11 is 0. The molecule has 1 aromatic heterocycles. The van der Waals surface area contributed by atoms with Gasteiger partial charge in [0.2, 0.25) is 0 Å². The van der Waals surface area contributed by atoms with Crippen LogP contribution in [0.5, 0.6) is 0 Å². The Labute approximate surface area is 91.9 Å². The third-order valence-corrected chi connectivity index (χ3v) is 2.51. The average molecular weight is 217 g/mol.